The van der Waals surface area contributed by atoms with Crippen LogP contribution in [0.1, 0.15) is 52.0 Å². The summed E-state index contributed by atoms with van der Waals surface area (Å²) in [6.45, 7) is 9.39. The van der Waals surface area contributed by atoms with Gasteiger partial charge in [0, 0.05) is 24.8 Å². The van der Waals surface area contributed by atoms with E-state index in [0.29, 0.717) is 24.4 Å². The Morgan fingerprint density at radius 2 is 2.08 bits per heavy atom. The van der Waals surface area contributed by atoms with Crippen LogP contribution in [0.3, 0.4) is 0 Å². The lowest BCUT2D eigenvalue weighted by Gasteiger charge is -2.41. The van der Waals surface area contributed by atoms with Gasteiger partial charge in [0.1, 0.15) is 0 Å². The molecule has 1 fully saturated rings. The topological polar surface area (TPSA) is 58.5 Å². The Morgan fingerprint density at radius 1 is 1.29 bits per heavy atom. The smallest absolute Gasteiger partial charge is 0.218 e. The number of ether oxygens (including phenoxy) is 1. The Hall–Kier alpha value is -1.05. The van der Waals surface area contributed by atoms with E-state index in [-0.39, 0.29) is 24.0 Å². The van der Waals surface area contributed by atoms with Gasteiger partial charge in [0.05, 0.1) is 13.2 Å². The molecule has 0 radical (unpaired) electrons. The van der Waals surface area contributed by atoms with Crippen LogP contribution in [-0.4, -0.2) is 30.6 Å². The largest absolute Gasteiger partial charge is 0.478 e. The first-order valence-corrected chi connectivity index (χ1v) is 8.82. The fourth-order valence-electron chi connectivity index (χ4n) is 2.92. The van der Waals surface area contributed by atoms with Crippen molar-refractivity contribution in [3.05, 3.63) is 23.9 Å². The average Bonchev–Trinajstić information content (AvgIpc) is 2.53. The number of halogens is 1. The first kappa shape index (κ1) is 21.0. The van der Waals surface area contributed by atoms with Crippen LogP contribution in [0.15, 0.2) is 23.3 Å². The molecule has 1 aliphatic carbocycles. The molecule has 1 saturated carbocycles. The summed E-state index contributed by atoms with van der Waals surface area (Å²) in [5, 5.41) is 6.84. The standard InChI is InChI=1S/C18H30N4O.HI/c1-4-18(10-8-11-18)14-22-17(19-5-2)21-13-15-9-7-12-20-16(15)23-6-3;/h7,9,12H,4-6,8,10-11,13-14H2,1-3H3,(H2,19,21,22);1H. The van der Waals surface area contributed by atoms with Crippen molar-refractivity contribution in [2.45, 2.75) is 53.0 Å². The maximum Gasteiger partial charge on any atom is 0.218 e. The number of rotatable bonds is 8. The molecule has 2 N–H and O–H groups in total. The van der Waals surface area contributed by atoms with Gasteiger partial charge < -0.3 is 15.4 Å². The van der Waals surface area contributed by atoms with Gasteiger partial charge in [-0.1, -0.05) is 19.4 Å². The molecule has 1 aromatic heterocycles. The summed E-state index contributed by atoms with van der Waals surface area (Å²) in [6, 6.07) is 3.94. The average molecular weight is 446 g/mol. The predicted molar refractivity (Wildman–Crippen MR) is 110 cm³/mol. The van der Waals surface area contributed by atoms with Crippen LogP contribution in [0.2, 0.25) is 0 Å². The highest BCUT2D eigenvalue weighted by molar-refractivity contribution is 14.0. The van der Waals surface area contributed by atoms with Crippen molar-refractivity contribution in [3.8, 4) is 5.88 Å². The van der Waals surface area contributed by atoms with Gasteiger partial charge in [0.15, 0.2) is 5.96 Å². The highest BCUT2D eigenvalue weighted by Crippen LogP contribution is 2.42. The van der Waals surface area contributed by atoms with Gasteiger partial charge in [-0.25, -0.2) is 9.98 Å². The van der Waals surface area contributed by atoms with Crippen LogP contribution in [0, 0.1) is 5.41 Å². The summed E-state index contributed by atoms with van der Waals surface area (Å²) < 4.78 is 5.57. The fraction of sp³-hybridized carbons (Fsp3) is 0.667. The molecular formula is C18H31IN4O. The van der Waals surface area contributed by atoms with Gasteiger partial charge in [0.2, 0.25) is 5.88 Å². The molecule has 24 heavy (non-hydrogen) atoms. The van der Waals surface area contributed by atoms with E-state index in [9.17, 15) is 0 Å². The molecule has 6 heteroatoms. The minimum Gasteiger partial charge on any atom is -0.478 e. The molecule has 0 unspecified atom stereocenters. The van der Waals surface area contributed by atoms with E-state index in [1.165, 1.54) is 25.7 Å². The van der Waals surface area contributed by atoms with E-state index < -0.39 is 0 Å². The maximum absolute atomic E-state index is 5.57. The van der Waals surface area contributed by atoms with E-state index >= 15 is 0 Å². The molecule has 0 aromatic carbocycles. The second kappa shape index (κ2) is 10.7. The van der Waals surface area contributed by atoms with Gasteiger partial charge in [-0.2, -0.15) is 0 Å². The van der Waals surface area contributed by atoms with Crippen LogP contribution in [0.25, 0.3) is 0 Å². The van der Waals surface area contributed by atoms with Gasteiger partial charge in [0.25, 0.3) is 0 Å². The molecule has 0 amide bonds. The minimum atomic E-state index is 0. The minimum absolute atomic E-state index is 0. The maximum atomic E-state index is 5.57. The van der Waals surface area contributed by atoms with E-state index in [1.54, 1.807) is 6.20 Å². The molecule has 0 spiro atoms. The van der Waals surface area contributed by atoms with E-state index in [2.05, 4.69) is 29.5 Å². The zero-order chi connectivity index (χ0) is 16.5. The van der Waals surface area contributed by atoms with Crippen LogP contribution < -0.4 is 15.4 Å². The van der Waals surface area contributed by atoms with E-state index in [0.717, 1.165) is 24.6 Å². The third-order valence-corrected chi connectivity index (χ3v) is 4.68. The second-order valence-corrected chi connectivity index (χ2v) is 6.16. The highest BCUT2D eigenvalue weighted by Gasteiger charge is 2.34. The first-order valence-electron chi connectivity index (χ1n) is 8.82. The third-order valence-electron chi connectivity index (χ3n) is 4.68. The van der Waals surface area contributed by atoms with Gasteiger partial charge in [-0.3, -0.25) is 0 Å². The lowest BCUT2D eigenvalue weighted by atomic mass is 9.67. The summed E-state index contributed by atoms with van der Waals surface area (Å²) in [5.74, 6) is 1.55. The number of guanidine groups is 1. The van der Waals surface area contributed by atoms with Crippen LogP contribution in [0.5, 0.6) is 5.88 Å². The quantitative estimate of drug-likeness (QED) is 0.363. The molecule has 0 bridgehead atoms. The van der Waals surface area contributed by atoms with Gasteiger partial charge in [-0.15, -0.1) is 24.0 Å². The van der Waals surface area contributed by atoms with Crippen molar-refractivity contribution >= 4 is 29.9 Å². The van der Waals surface area contributed by atoms with Crippen molar-refractivity contribution in [2.75, 3.05) is 19.7 Å². The van der Waals surface area contributed by atoms with Crippen molar-refractivity contribution in [3.63, 3.8) is 0 Å². The lowest BCUT2D eigenvalue weighted by molar-refractivity contribution is 0.131. The number of pyridine rings is 1. The molecular weight excluding hydrogens is 415 g/mol. The Labute approximate surface area is 163 Å². The van der Waals surface area contributed by atoms with Gasteiger partial charge in [-0.05, 0) is 44.6 Å². The number of aromatic nitrogens is 1. The second-order valence-electron chi connectivity index (χ2n) is 6.16. The monoisotopic (exact) mass is 446 g/mol. The van der Waals surface area contributed by atoms with Crippen molar-refractivity contribution in [1.82, 2.24) is 15.6 Å². The molecule has 0 saturated heterocycles. The fourth-order valence-corrected chi connectivity index (χ4v) is 2.92. The zero-order valence-electron chi connectivity index (χ0n) is 15.1. The summed E-state index contributed by atoms with van der Waals surface area (Å²) in [6.07, 6.45) is 7.00. The zero-order valence-corrected chi connectivity index (χ0v) is 17.4. The summed E-state index contributed by atoms with van der Waals surface area (Å²) in [7, 11) is 0. The van der Waals surface area contributed by atoms with Gasteiger partial charge >= 0.3 is 0 Å². The van der Waals surface area contributed by atoms with Crippen LogP contribution >= 0.6 is 24.0 Å². The molecule has 2 rings (SSSR count). The van der Waals surface area contributed by atoms with Crippen LogP contribution in [0.4, 0.5) is 0 Å². The van der Waals surface area contributed by atoms with Crippen molar-refractivity contribution in [2.24, 2.45) is 10.4 Å². The van der Waals surface area contributed by atoms with E-state index in [4.69, 9.17) is 9.73 Å². The molecule has 136 valence electrons. The Bertz CT molecular complexity index is 512. The first-order chi connectivity index (χ1) is 11.2. The number of aliphatic imine (C=N–C) groups is 1. The van der Waals surface area contributed by atoms with Crippen molar-refractivity contribution in [1.29, 1.82) is 0 Å². The number of hydrogen-bond donors (Lipinski definition) is 2. The number of nitrogens with one attached hydrogen (secondary N) is 2. The van der Waals surface area contributed by atoms with E-state index in [1.807, 2.05) is 19.1 Å². The highest BCUT2D eigenvalue weighted by atomic mass is 127. The lowest BCUT2D eigenvalue weighted by Crippen LogP contribution is -2.46. The predicted octanol–water partition coefficient (Wildman–Crippen LogP) is 3.73. The summed E-state index contributed by atoms with van der Waals surface area (Å²) in [5.41, 5.74) is 1.49. The Kier molecular flexibility index (Phi) is 9.39. The molecule has 0 aliphatic heterocycles. The number of hydrogen-bond acceptors (Lipinski definition) is 3. The number of nitrogens with zero attached hydrogens (tertiary/aromatic N) is 2. The Balaban J connectivity index is 0.00000288. The molecule has 1 aromatic rings. The molecule has 5 nitrogen and oxygen atoms in total. The Morgan fingerprint density at radius 3 is 2.67 bits per heavy atom. The van der Waals surface area contributed by atoms with Crippen LogP contribution in [-0.2, 0) is 6.54 Å². The molecule has 0 atom stereocenters. The normalized spacial score (nSPS) is 15.9. The van der Waals surface area contributed by atoms with Crippen molar-refractivity contribution < 1.29 is 4.74 Å². The third kappa shape index (κ3) is 5.79. The summed E-state index contributed by atoms with van der Waals surface area (Å²) >= 11 is 0. The SMILES string of the molecule is CCNC(=NCc1cccnc1OCC)NCC1(CC)CCC1.I. The summed E-state index contributed by atoms with van der Waals surface area (Å²) in [4.78, 5) is 8.98. The molecule has 1 aliphatic rings. The molecule has 1 heterocycles.